The maximum absolute atomic E-state index is 12.3. The third kappa shape index (κ3) is 5.89. The number of benzene rings is 1. The van der Waals surface area contributed by atoms with Gasteiger partial charge in [0.25, 0.3) is 0 Å². The van der Waals surface area contributed by atoms with E-state index in [0.717, 1.165) is 5.56 Å². The fourth-order valence-corrected chi connectivity index (χ4v) is 3.30. The second kappa shape index (κ2) is 10.2. The van der Waals surface area contributed by atoms with Crippen LogP contribution < -0.4 is 5.32 Å². The van der Waals surface area contributed by atoms with Gasteiger partial charge in [-0.25, -0.2) is 14.5 Å². The van der Waals surface area contributed by atoms with Crippen LogP contribution in [-0.2, 0) is 28.0 Å². The molecule has 1 fully saturated rings. The zero-order chi connectivity index (χ0) is 23.1. The van der Waals surface area contributed by atoms with Crippen LogP contribution in [0.4, 0.5) is 10.6 Å². The van der Waals surface area contributed by atoms with Gasteiger partial charge in [0.1, 0.15) is 11.4 Å². The average molecular weight is 451 g/mol. The van der Waals surface area contributed by atoms with Gasteiger partial charge in [-0.15, -0.1) is 5.10 Å². The SMILES string of the molecule is Cn1nnnc1/C(=N\OCc1cccc(NC(=O)OC2(C)CCOCC2)n1)c1ccccc1. The van der Waals surface area contributed by atoms with Crippen molar-refractivity contribution in [1.82, 2.24) is 25.2 Å². The van der Waals surface area contributed by atoms with Gasteiger partial charge in [0.05, 0.1) is 18.9 Å². The van der Waals surface area contributed by atoms with Crippen molar-refractivity contribution < 1.29 is 19.1 Å². The van der Waals surface area contributed by atoms with E-state index in [9.17, 15) is 4.79 Å². The predicted octanol–water partition coefficient (Wildman–Crippen LogP) is 2.69. The van der Waals surface area contributed by atoms with Crippen LogP contribution in [0.25, 0.3) is 0 Å². The molecule has 1 saturated heterocycles. The summed E-state index contributed by atoms with van der Waals surface area (Å²) in [5.74, 6) is 0.829. The number of anilines is 1. The van der Waals surface area contributed by atoms with Gasteiger partial charge in [0.15, 0.2) is 12.3 Å². The molecular weight excluding hydrogens is 426 g/mol. The minimum atomic E-state index is -0.552. The number of hydrogen-bond donors (Lipinski definition) is 1. The number of rotatable bonds is 7. The highest BCUT2D eigenvalue weighted by atomic mass is 16.6. The largest absolute Gasteiger partial charge is 0.443 e. The lowest BCUT2D eigenvalue weighted by molar-refractivity contribution is -0.0553. The Morgan fingerprint density at radius 3 is 2.70 bits per heavy atom. The van der Waals surface area contributed by atoms with Crippen molar-refractivity contribution >= 4 is 17.6 Å². The molecule has 1 aliphatic rings. The van der Waals surface area contributed by atoms with Crippen LogP contribution in [0.1, 0.15) is 36.8 Å². The molecule has 11 nitrogen and oxygen atoms in total. The van der Waals surface area contributed by atoms with Crippen molar-refractivity contribution in [3.8, 4) is 0 Å². The predicted molar refractivity (Wildman–Crippen MR) is 118 cm³/mol. The van der Waals surface area contributed by atoms with E-state index in [1.165, 1.54) is 4.68 Å². The van der Waals surface area contributed by atoms with Gasteiger partial charge in [-0.05, 0) is 29.5 Å². The summed E-state index contributed by atoms with van der Waals surface area (Å²) < 4.78 is 12.4. The van der Waals surface area contributed by atoms with Crippen molar-refractivity contribution in [2.75, 3.05) is 18.5 Å². The molecule has 3 heterocycles. The second-order valence-electron chi connectivity index (χ2n) is 7.80. The van der Waals surface area contributed by atoms with Crippen molar-refractivity contribution in [2.45, 2.75) is 32.0 Å². The molecule has 2 aromatic heterocycles. The van der Waals surface area contributed by atoms with Crippen LogP contribution in [-0.4, -0.2) is 55.8 Å². The first-order valence-corrected chi connectivity index (χ1v) is 10.5. The number of aryl methyl sites for hydroxylation is 1. The van der Waals surface area contributed by atoms with Gasteiger partial charge in [0, 0.05) is 25.5 Å². The molecule has 4 rings (SSSR count). The second-order valence-corrected chi connectivity index (χ2v) is 7.80. The zero-order valence-corrected chi connectivity index (χ0v) is 18.5. The molecule has 0 aliphatic carbocycles. The maximum Gasteiger partial charge on any atom is 0.413 e. The molecule has 0 saturated carbocycles. The van der Waals surface area contributed by atoms with E-state index in [2.05, 4.69) is 31.0 Å². The summed E-state index contributed by atoms with van der Waals surface area (Å²) in [4.78, 5) is 22.3. The number of nitrogens with one attached hydrogen (secondary N) is 1. The molecule has 11 heteroatoms. The molecule has 0 spiro atoms. The van der Waals surface area contributed by atoms with Crippen LogP contribution in [0.5, 0.6) is 0 Å². The van der Waals surface area contributed by atoms with E-state index in [0.29, 0.717) is 49.1 Å². The Balaban J connectivity index is 1.41. The van der Waals surface area contributed by atoms with Crippen LogP contribution in [0.15, 0.2) is 53.7 Å². The van der Waals surface area contributed by atoms with Gasteiger partial charge in [-0.2, -0.15) is 0 Å². The van der Waals surface area contributed by atoms with Crippen molar-refractivity contribution in [2.24, 2.45) is 12.2 Å². The molecule has 3 aromatic rings. The Morgan fingerprint density at radius 2 is 1.97 bits per heavy atom. The Hall–Kier alpha value is -3.86. The first-order valence-electron chi connectivity index (χ1n) is 10.5. The topological polar surface area (TPSA) is 126 Å². The summed E-state index contributed by atoms with van der Waals surface area (Å²) in [6.07, 6.45) is 0.763. The fourth-order valence-electron chi connectivity index (χ4n) is 3.30. The standard InChI is InChI=1S/C22H25N7O4/c1-22(11-13-31-14-12-22)33-21(30)24-18-10-6-9-17(23-18)15-32-26-19(16-7-4-3-5-8-16)20-25-27-28-29(20)2/h3-10H,11-15H2,1-2H3,(H,23,24,30)/b26-19-. The van der Waals surface area contributed by atoms with E-state index in [1.807, 2.05) is 37.3 Å². The summed E-state index contributed by atoms with van der Waals surface area (Å²) in [7, 11) is 1.73. The van der Waals surface area contributed by atoms with E-state index >= 15 is 0 Å². The number of nitrogens with zero attached hydrogens (tertiary/aromatic N) is 6. The first-order chi connectivity index (χ1) is 16.0. The van der Waals surface area contributed by atoms with Gasteiger partial charge in [0.2, 0.25) is 5.82 Å². The highest BCUT2D eigenvalue weighted by Crippen LogP contribution is 2.25. The molecule has 1 amide bonds. The van der Waals surface area contributed by atoms with E-state index in [4.69, 9.17) is 14.3 Å². The number of hydrogen-bond acceptors (Lipinski definition) is 9. The van der Waals surface area contributed by atoms with Crippen molar-refractivity contribution in [3.05, 3.63) is 65.6 Å². The quantitative estimate of drug-likeness (QED) is 0.429. The Morgan fingerprint density at radius 1 is 1.18 bits per heavy atom. The van der Waals surface area contributed by atoms with Crippen LogP contribution in [0.3, 0.4) is 0 Å². The first kappa shape index (κ1) is 22.3. The third-order valence-electron chi connectivity index (χ3n) is 5.17. The lowest BCUT2D eigenvalue weighted by atomic mass is 9.97. The number of ether oxygens (including phenoxy) is 2. The summed E-state index contributed by atoms with van der Waals surface area (Å²) in [6.45, 7) is 3.14. The third-order valence-corrected chi connectivity index (χ3v) is 5.17. The van der Waals surface area contributed by atoms with Crippen molar-refractivity contribution in [1.29, 1.82) is 0 Å². The van der Waals surface area contributed by atoms with Crippen LogP contribution in [0, 0.1) is 0 Å². The molecule has 0 radical (unpaired) electrons. The van der Waals surface area contributed by atoms with Gasteiger partial charge < -0.3 is 14.3 Å². The molecule has 172 valence electrons. The number of aromatic nitrogens is 5. The van der Waals surface area contributed by atoms with Gasteiger partial charge >= 0.3 is 6.09 Å². The molecule has 0 unspecified atom stereocenters. The minimum Gasteiger partial charge on any atom is -0.443 e. The summed E-state index contributed by atoms with van der Waals surface area (Å²) in [5.41, 5.74) is 1.34. The number of carbonyl (C=O) groups is 1. The zero-order valence-electron chi connectivity index (χ0n) is 18.5. The lowest BCUT2D eigenvalue weighted by Gasteiger charge is -2.32. The molecule has 0 bridgehead atoms. The van der Waals surface area contributed by atoms with Gasteiger partial charge in [-0.3, -0.25) is 5.32 Å². The highest BCUT2D eigenvalue weighted by Gasteiger charge is 2.31. The average Bonchev–Trinajstić information content (AvgIpc) is 3.23. The Bertz CT molecular complexity index is 1110. The van der Waals surface area contributed by atoms with Crippen LogP contribution in [0.2, 0.25) is 0 Å². The smallest absolute Gasteiger partial charge is 0.413 e. The maximum atomic E-state index is 12.3. The number of carbonyl (C=O) groups excluding carboxylic acids is 1. The van der Waals surface area contributed by atoms with E-state index in [1.54, 1.807) is 25.2 Å². The molecule has 1 aromatic carbocycles. The number of pyridine rings is 1. The molecule has 1 aliphatic heterocycles. The highest BCUT2D eigenvalue weighted by molar-refractivity contribution is 6.10. The Kier molecular flexibility index (Phi) is 6.89. The van der Waals surface area contributed by atoms with Gasteiger partial charge in [-0.1, -0.05) is 41.6 Å². The lowest BCUT2D eigenvalue weighted by Crippen LogP contribution is -2.39. The summed E-state index contributed by atoms with van der Waals surface area (Å²) in [5, 5.41) is 18.5. The number of tetrazole rings is 1. The number of amides is 1. The monoisotopic (exact) mass is 451 g/mol. The van der Waals surface area contributed by atoms with E-state index < -0.39 is 11.7 Å². The van der Waals surface area contributed by atoms with Crippen molar-refractivity contribution in [3.63, 3.8) is 0 Å². The summed E-state index contributed by atoms with van der Waals surface area (Å²) >= 11 is 0. The molecule has 0 atom stereocenters. The minimum absolute atomic E-state index is 0.0846. The molecule has 33 heavy (non-hydrogen) atoms. The van der Waals surface area contributed by atoms with E-state index in [-0.39, 0.29) is 6.61 Å². The van der Waals surface area contributed by atoms with Crippen LogP contribution >= 0.6 is 0 Å². The molecular formula is C22H25N7O4. The number of oxime groups is 1. The summed E-state index contributed by atoms with van der Waals surface area (Å²) in [6, 6.07) is 14.7. The Labute approximate surface area is 190 Å². The normalized spacial score (nSPS) is 15.6. The fraction of sp³-hybridized carbons (Fsp3) is 0.364. The molecule has 1 N–H and O–H groups in total.